The lowest BCUT2D eigenvalue weighted by Crippen LogP contribution is -2.49. The van der Waals surface area contributed by atoms with Crippen molar-refractivity contribution in [1.82, 2.24) is 16.0 Å². The van der Waals surface area contributed by atoms with Gasteiger partial charge >= 0.3 is 0 Å². The standard InChI is InChI=1S/C35H42N4O7S/c1-23(26-13-15-30(45-4)16-14-26)37-34(41)27-19-28(21-29(20-27)39(3)47(5,43)44)35(42)38-31(18-25-10-7-6-8-11-25)32(40)22-36-24(2)33-12-9-17-46-33/h6-17,19-21,23-24,31-32,36,40H,18,22H2,1-5H3,(H,37,41)(H,38,42)/t23-,24?,31+,32-/m1/s1. The molecule has 0 bridgehead atoms. The van der Waals surface area contributed by atoms with E-state index in [-0.39, 0.29) is 29.4 Å². The van der Waals surface area contributed by atoms with Gasteiger partial charge in [-0.3, -0.25) is 13.9 Å². The molecule has 4 rings (SSSR count). The van der Waals surface area contributed by atoms with E-state index in [1.807, 2.05) is 62.4 Å². The Balaban J connectivity index is 1.60. The van der Waals surface area contributed by atoms with Crippen LogP contribution in [0, 0.1) is 0 Å². The summed E-state index contributed by atoms with van der Waals surface area (Å²) >= 11 is 0. The summed E-state index contributed by atoms with van der Waals surface area (Å²) in [4.78, 5) is 27.3. The van der Waals surface area contributed by atoms with E-state index in [0.29, 0.717) is 17.9 Å². The maximum atomic E-state index is 13.8. The van der Waals surface area contributed by atoms with Crippen molar-refractivity contribution < 1.29 is 32.3 Å². The minimum Gasteiger partial charge on any atom is -0.497 e. The van der Waals surface area contributed by atoms with Crippen LogP contribution in [0.3, 0.4) is 0 Å². The van der Waals surface area contributed by atoms with Crippen LogP contribution >= 0.6 is 0 Å². The van der Waals surface area contributed by atoms with Crippen molar-refractivity contribution in [2.24, 2.45) is 0 Å². The zero-order valence-electron chi connectivity index (χ0n) is 27.1. The van der Waals surface area contributed by atoms with E-state index >= 15 is 0 Å². The van der Waals surface area contributed by atoms with Crippen LogP contribution in [0.25, 0.3) is 0 Å². The van der Waals surface area contributed by atoms with E-state index in [1.54, 1.807) is 31.6 Å². The quantitative estimate of drug-likeness (QED) is 0.148. The molecule has 12 heteroatoms. The molecule has 1 unspecified atom stereocenters. The molecule has 1 heterocycles. The van der Waals surface area contributed by atoms with Gasteiger partial charge in [0.2, 0.25) is 10.0 Å². The number of benzene rings is 3. The van der Waals surface area contributed by atoms with Crippen molar-refractivity contribution in [3.05, 3.63) is 119 Å². The number of hydrogen-bond donors (Lipinski definition) is 4. The SMILES string of the molecule is COc1ccc([C@@H](C)NC(=O)c2cc(C(=O)N[C@@H](Cc3ccccc3)[C@H](O)CNC(C)c3ccco3)cc(N(C)S(C)(=O)=O)c2)cc1. The van der Waals surface area contributed by atoms with Gasteiger partial charge in [-0.25, -0.2) is 8.42 Å². The normalized spacial score (nSPS) is 14.0. The Labute approximate surface area is 276 Å². The Kier molecular flexibility index (Phi) is 11.8. The van der Waals surface area contributed by atoms with Gasteiger partial charge in [0.05, 0.1) is 49.5 Å². The number of sulfonamides is 1. The fraction of sp³-hybridized carbons (Fsp3) is 0.314. The third kappa shape index (κ3) is 9.67. The number of carbonyl (C=O) groups excluding carboxylic acids is 2. The highest BCUT2D eigenvalue weighted by molar-refractivity contribution is 7.92. The first-order valence-corrected chi connectivity index (χ1v) is 17.0. The molecular weight excluding hydrogens is 620 g/mol. The van der Waals surface area contributed by atoms with E-state index in [1.165, 1.54) is 25.2 Å². The van der Waals surface area contributed by atoms with Crippen LogP contribution in [0.1, 0.15) is 63.5 Å². The topological polar surface area (TPSA) is 150 Å². The lowest BCUT2D eigenvalue weighted by Gasteiger charge is -2.26. The maximum absolute atomic E-state index is 13.8. The van der Waals surface area contributed by atoms with Crippen LogP contribution in [0.15, 0.2) is 95.6 Å². The summed E-state index contributed by atoms with van der Waals surface area (Å²) in [6, 6.07) is 23.2. The largest absolute Gasteiger partial charge is 0.497 e. The Morgan fingerprint density at radius 1 is 0.894 bits per heavy atom. The van der Waals surface area contributed by atoms with Crippen molar-refractivity contribution in [2.75, 3.05) is 31.3 Å². The Morgan fingerprint density at radius 3 is 2.11 bits per heavy atom. The number of carbonyl (C=O) groups is 2. The molecule has 250 valence electrons. The fourth-order valence-corrected chi connectivity index (χ4v) is 5.47. The maximum Gasteiger partial charge on any atom is 0.251 e. The molecule has 0 saturated heterocycles. The number of furan rings is 1. The van der Waals surface area contributed by atoms with Crippen LogP contribution in [0.2, 0.25) is 0 Å². The molecule has 4 atom stereocenters. The Hall–Kier alpha value is -4.65. The number of nitrogens with one attached hydrogen (secondary N) is 3. The average Bonchev–Trinajstić information content (AvgIpc) is 3.61. The summed E-state index contributed by atoms with van der Waals surface area (Å²) in [6.07, 6.45) is 1.92. The molecule has 47 heavy (non-hydrogen) atoms. The number of rotatable bonds is 15. The number of aliphatic hydroxyl groups excluding tert-OH is 1. The number of amides is 2. The van der Waals surface area contributed by atoms with Crippen molar-refractivity contribution >= 4 is 27.5 Å². The first kappa shape index (κ1) is 35.2. The highest BCUT2D eigenvalue weighted by Gasteiger charge is 2.25. The van der Waals surface area contributed by atoms with Crippen molar-refractivity contribution in [1.29, 1.82) is 0 Å². The van der Waals surface area contributed by atoms with Crippen LogP contribution in [-0.4, -0.2) is 64.4 Å². The zero-order chi connectivity index (χ0) is 34.1. The summed E-state index contributed by atoms with van der Waals surface area (Å²) in [5, 5.41) is 20.4. The second kappa shape index (κ2) is 15.8. The molecule has 0 aliphatic carbocycles. The van der Waals surface area contributed by atoms with Gasteiger partial charge in [-0.1, -0.05) is 42.5 Å². The number of nitrogens with zero attached hydrogens (tertiary/aromatic N) is 1. The molecule has 2 amide bonds. The third-order valence-corrected chi connectivity index (χ3v) is 9.15. The molecule has 0 aliphatic rings. The van der Waals surface area contributed by atoms with Gasteiger partial charge in [-0.15, -0.1) is 0 Å². The minimum absolute atomic E-state index is 0.0578. The smallest absolute Gasteiger partial charge is 0.251 e. The monoisotopic (exact) mass is 662 g/mol. The zero-order valence-corrected chi connectivity index (χ0v) is 28.0. The van der Waals surface area contributed by atoms with Crippen LogP contribution < -0.4 is 25.0 Å². The average molecular weight is 663 g/mol. The van der Waals surface area contributed by atoms with Gasteiger partial charge < -0.3 is 30.2 Å². The minimum atomic E-state index is -3.72. The van der Waals surface area contributed by atoms with E-state index in [0.717, 1.165) is 21.7 Å². The molecule has 0 fully saturated rings. The van der Waals surface area contributed by atoms with E-state index in [2.05, 4.69) is 16.0 Å². The first-order chi connectivity index (χ1) is 22.3. The summed E-state index contributed by atoms with van der Waals surface area (Å²) in [5.74, 6) is 0.311. The van der Waals surface area contributed by atoms with Crippen molar-refractivity contribution in [3.63, 3.8) is 0 Å². The molecule has 4 aromatic rings. The summed E-state index contributed by atoms with van der Waals surface area (Å²) < 4.78 is 36.6. The number of hydrogen-bond acceptors (Lipinski definition) is 8. The predicted octanol–water partition coefficient (Wildman–Crippen LogP) is 4.23. The van der Waals surface area contributed by atoms with Crippen LogP contribution in [-0.2, 0) is 16.4 Å². The van der Waals surface area contributed by atoms with Gasteiger partial charge in [-0.2, -0.15) is 0 Å². The summed E-state index contributed by atoms with van der Waals surface area (Å²) in [7, 11) is -0.805. The van der Waals surface area contributed by atoms with Gasteiger partial charge in [0.15, 0.2) is 0 Å². The summed E-state index contributed by atoms with van der Waals surface area (Å²) in [6.45, 7) is 3.87. The molecule has 4 N–H and O–H groups in total. The fourth-order valence-electron chi connectivity index (χ4n) is 4.98. The Bertz CT molecular complexity index is 1730. The number of anilines is 1. The second-order valence-electron chi connectivity index (χ2n) is 11.4. The van der Waals surface area contributed by atoms with Crippen molar-refractivity contribution in [3.8, 4) is 5.75 Å². The van der Waals surface area contributed by atoms with Gasteiger partial charge in [0.25, 0.3) is 11.8 Å². The highest BCUT2D eigenvalue weighted by Crippen LogP contribution is 2.23. The number of ether oxygens (including phenoxy) is 1. The molecule has 11 nitrogen and oxygen atoms in total. The van der Waals surface area contributed by atoms with Crippen molar-refractivity contribution in [2.45, 2.75) is 44.5 Å². The molecular formula is C35H42N4O7S. The van der Waals surface area contributed by atoms with Gasteiger partial charge in [0.1, 0.15) is 11.5 Å². The predicted molar refractivity (Wildman–Crippen MR) is 181 cm³/mol. The second-order valence-corrected chi connectivity index (χ2v) is 13.5. The van der Waals surface area contributed by atoms with E-state index in [4.69, 9.17) is 9.15 Å². The van der Waals surface area contributed by atoms with E-state index in [9.17, 15) is 23.1 Å². The molecule has 1 aromatic heterocycles. The Morgan fingerprint density at radius 2 is 1.53 bits per heavy atom. The number of methoxy groups -OCH3 is 1. The third-order valence-electron chi connectivity index (χ3n) is 7.95. The molecule has 0 spiro atoms. The lowest BCUT2D eigenvalue weighted by atomic mass is 9.99. The first-order valence-electron chi connectivity index (χ1n) is 15.2. The van der Waals surface area contributed by atoms with Crippen LogP contribution in [0.4, 0.5) is 5.69 Å². The lowest BCUT2D eigenvalue weighted by molar-refractivity contribution is 0.0824. The van der Waals surface area contributed by atoms with Crippen LogP contribution in [0.5, 0.6) is 5.75 Å². The molecule has 3 aromatic carbocycles. The molecule has 0 radical (unpaired) electrons. The highest BCUT2D eigenvalue weighted by atomic mass is 32.2. The number of aliphatic hydroxyl groups is 1. The van der Waals surface area contributed by atoms with E-state index < -0.39 is 40.0 Å². The van der Waals surface area contributed by atoms with Gasteiger partial charge in [-0.05, 0) is 73.9 Å². The summed E-state index contributed by atoms with van der Waals surface area (Å²) in [5.41, 5.74) is 2.01. The molecule has 0 saturated carbocycles. The van der Waals surface area contributed by atoms with Gasteiger partial charge in [0, 0.05) is 24.7 Å². The molecule has 0 aliphatic heterocycles.